The lowest BCUT2D eigenvalue weighted by molar-refractivity contribution is -0.118. The van der Waals surface area contributed by atoms with Gasteiger partial charge in [-0.15, -0.1) is 0 Å². The zero-order chi connectivity index (χ0) is 24.5. The maximum Gasteiger partial charge on any atom is 0.255 e. The molecule has 2 amide bonds. The molecule has 0 radical (unpaired) electrons. The molecule has 2 aliphatic rings. The Bertz CT molecular complexity index is 1240. The molecule has 3 aromatic carbocycles. The molecule has 2 atom stereocenters. The molecule has 0 saturated carbocycles. The Morgan fingerprint density at radius 1 is 0.943 bits per heavy atom. The van der Waals surface area contributed by atoms with Gasteiger partial charge >= 0.3 is 0 Å². The average Bonchev–Trinajstić information content (AvgIpc) is 3.19. The highest BCUT2D eigenvalue weighted by atomic mass is 16.2. The van der Waals surface area contributed by atoms with E-state index in [0.717, 1.165) is 29.8 Å². The predicted octanol–water partition coefficient (Wildman–Crippen LogP) is 5.89. The van der Waals surface area contributed by atoms with Gasteiger partial charge in [0.25, 0.3) is 5.91 Å². The fourth-order valence-corrected chi connectivity index (χ4v) is 5.43. The van der Waals surface area contributed by atoms with Crippen molar-refractivity contribution in [3.63, 3.8) is 0 Å². The summed E-state index contributed by atoms with van der Waals surface area (Å²) >= 11 is 0. The molecule has 180 valence electrons. The van der Waals surface area contributed by atoms with E-state index in [1.807, 2.05) is 36.4 Å². The monoisotopic (exact) mass is 467 g/mol. The van der Waals surface area contributed by atoms with Crippen LogP contribution in [-0.4, -0.2) is 35.8 Å². The van der Waals surface area contributed by atoms with Gasteiger partial charge < -0.3 is 10.2 Å². The van der Waals surface area contributed by atoms with Crippen molar-refractivity contribution in [1.82, 2.24) is 4.90 Å². The molecule has 2 unspecified atom stereocenters. The molecule has 2 aliphatic heterocycles. The summed E-state index contributed by atoms with van der Waals surface area (Å²) in [6, 6.07) is 23.3. The molecule has 3 aromatic rings. The lowest BCUT2D eigenvalue weighted by Crippen LogP contribution is -2.32. The van der Waals surface area contributed by atoms with E-state index in [4.69, 9.17) is 0 Å². The highest BCUT2D eigenvalue weighted by molar-refractivity contribution is 6.05. The number of anilines is 2. The summed E-state index contributed by atoms with van der Waals surface area (Å²) in [5.41, 5.74) is 6.84. The summed E-state index contributed by atoms with van der Waals surface area (Å²) in [7, 11) is 1.79. The molecule has 2 heterocycles. The van der Waals surface area contributed by atoms with E-state index >= 15 is 0 Å². The number of nitrogens with one attached hydrogen (secondary N) is 1. The van der Waals surface area contributed by atoms with E-state index in [2.05, 4.69) is 54.4 Å². The van der Waals surface area contributed by atoms with Crippen LogP contribution in [0.1, 0.15) is 54.6 Å². The van der Waals surface area contributed by atoms with Gasteiger partial charge in [-0.25, -0.2) is 0 Å². The second-order valence-electron chi connectivity index (χ2n) is 9.94. The summed E-state index contributed by atoms with van der Waals surface area (Å²) in [6.45, 7) is 5.40. The number of likely N-dealkylation sites (tertiary alicyclic amines) is 1. The minimum absolute atomic E-state index is 0.104. The molecule has 5 nitrogen and oxygen atoms in total. The first-order valence-corrected chi connectivity index (χ1v) is 12.6. The Morgan fingerprint density at radius 3 is 2.43 bits per heavy atom. The zero-order valence-electron chi connectivity index (χ0n) is 20.8. The second kappa shape index (κ2) is 9.67. The van der Waals surface area contributed by atoms with Crippen molar-refractivity contribution in [3.05, 3.63) is 83.4 Å². The molecule has 1 saturated heterocycles. The van der Waals surface area contributed by atoms with E-state index in [9.17, 15) is 9.59 Å². The summed E-state index contributed by atoms with van der Waals surface area (Å²) in [5, 5.41) is 3.05. The van der Waals surface area contributed by atoms with Gasteiger partial charge in [-0.1, -0.05) is 42.5 Å². The van der Waals surface area contributed by atoms with E-state index in [0.29, 0.717) is 29.8 Å². The van der Waals surface area contributed by atoms with Crippen molar-refractivity contribution in [3.8, 4) is 11.1 Å². The van der Waals surface area contributed by atoms with Gasteiger partial charge in [0, 0.05) is 49.0 Å². The normalized spacial score (nSPS) is 20.1. The van der Waals surface area contributed by atoms with Crippen LogP contribution in [0, 0.1) is 0 Å². The third-order valence-electron chi connectivity index (χ3n) is 7.63. The Morgan fingerprint density at radius 2 is 1.69 bits per heavy atom. The minimum Gasteiger partial charge on any atom is -0.322 e. The number of nitrogens with zero attached hydrogens (tertiary/aromatic N) is 2. The van der Waals surface area contributed by atoms with Crippen LogP contribution >= 0.6 is 0 Å². The molecule has 1 fully saturated rings. The number of carbonyl (C=O) groups is 2. The van der Waals surface area contributed by atoms with Crippen molar-refractivity contribution in [1.29, 1.82) is 0 Å². The third kappa shape index (κ3) is 4.73. The molecule has 35 heavy (non-hydrogen) atoms. The molecule has 0 aromatic heterocycles. The van der Waals surface area contributed by atoms with Crippen LogP contribution in [-0.2, 0) is 17.8 Å². The Kier molecular flexibility index (Phi) is 6.44. The number of rotatable bonds is 5. The van der Waals surface area contributed by atoms with Crippen molar-refractivity contribution in [2.45, 2.75) is 58.2 Å². The molecule has 1 N–H and O–H groups in total. The molecular formula is C30H33N3O2. The molecular weight excluding hydrogens is 434 g/mol. The number of carbonyl (C=O) groups excluding carboxylic acids is 2. The summed E-state index contributed by atoms with van der Waals surface area (Å²) in [6.07, 6.45) is 3.68. The topological polar surface area (TPSA) is 52.7 Å². The standard InChI is InChI=1S/C30H33N3O2/c1-20-9-10-21(2)33(20)19-25-17-24(12-15-27(25)22-7-5-4-6-8-22)30(35)31-26-14-11-23-13-16-29(34)32(3)28(23)18-26/h4-8,11-12,14-15,17-18,20-21H,9-10,13,16,19H2,1-3H3,(H,31,35). The first kappa shape index (κ1) is 23.3. The number of hydrogen-bond donors (Lipinski definition) is 1. The van der Waals surface area contributed by atoms with Crippen LogP contribution in [0.2, 0.25) is 0 Å². The fourth-order valence-electron chi connectivity index (χ4n) is 5.43. The van der Waals surface area contributed by atoms with Crippen molar-refractivity contribution < 1.29 is 9.59 Å². The predicted molar refractivity (Wildman–Crippen MR) is 142 cm³/mol. The van der Waals surface area contributed by atoms with Gasteiger partial charge in [0.1, 0.15) is 0 Å². The molecule has 5 rings (SSSR count). The number of amides is 2. The van der Waals surface area contributed by atoms with Crippen LogP contribution in [0.5, 0.6) is 0 Å². The number of aryl methyl sites for hydroxylation is 1. The third-order valence-corrected chi connectivity index (χ3v) is 7.63. The number of fused-ring (bicyclic) bond motifs is 1. The summed E-state index contributed by atoms with van der Waals surface area (Å²) < 4.78 is 0. The number of hydrogen-bond acceptors (Lipinski definition) is 3. The maximum absolute atomic E-state index is 13.3. The second-order valence-corrected chi connectivity index (χ2v) is 9.94. The van der Waals surface area contributed by atoms with Gasteiger partial charge in [0.2, 0.25) is 5.91 Å². The van der Waals surface area contributed by atoms with E-state index < -0.39 is 0 Å². The molecule has 0 aliphatic carbocycles. The van der Waals surface area contributed by atoms with Crippen molar-refractivity contribution in [2.75, 3.05) is 17.3 Å². The van der Waals surface area contributed by atoms with Gasteiger partial charge in [-0.2, -0.15) is 0 Å². The zero-order valence-corrected chi connectivity index (χ0v) is 20.8. The molecule has 0 bridgehead atoms. The van der Waals surface area contributed by atoms with Crippen LogP contribution in [0.4, 0.5) is 11.4 Å². The van der Waals surface area contributed by atoms with E-state index in [-0.39, 0.29) is 11.8 Å². The lowest BCUT2D eigenvalue weighted by atomic mass is 9.96. The SMILES string of the molecule is CC1CCC(C)N1Cc1cc(C(=O)Nc2ccc3c(c2)N(C)C(=O)CC3)ccc1-c1ccccc1. The largest absolute Gasteiger partial charge is 0.322 e. The Balaban J connectivity index is 1.44. The van der Waals surface area contributed by atoms with E-state index in [1.165, 1.54) is 24.0 Å². The van der Waals surface area contributed by atoms with Crippen LogP contribution in [0.25, 0.3) is 11.1 Å². The van der Waals surface area contributed by atoms with Gasteiger partial charge in [0.05, 0.1) is 0 Å². The van der Waals surface area contributed by atoms with E-state index in [1.54, 1.807) is 11.9 Å². The van der Waals surface area contributed by atoms with Gasteiger partial charge in [0.15, 0.2) is 0 Å². The first-order valence-electron chi connectivity index (χ1n) is 12.6. The number of benzene rings is 3. The maximum atomic E-state index is 13.3. The highest BCUT2D eigenvalue weighted by Gasteiger charge is 2.28. The van der Waals surface area contributed by atoms with Crippen molar-refractivity contribution in [2.24, 2.45) is 0 Å². The first-order chi connectivity index (χ1) is 16.9. The fraction of sp³-hybridized carbons (Fsp3) is 0.333. The van der Waals surface area contributed by atoms with Gasteiger partial charge in [-0.3, -0.25) is 14.5 Å². The quantitative estimate of drug-likeness (QED) is 0.509. The average molecular weight is 468 g/mol. The summed E-state index contributed by atoms with van der Waals surface area (Å²) in [4.78, 5) is 29.6. The Labute approximate surface area is 207 Å². The van der Waals surface area contributed by atoms with Crippen LogP contribution in [0.3, 0.4) is 0 Å². The molecule has 0 spiro atoms. The summed E-state index contributed by atoms with van der Waals surface area (Å²) in [5.74, 6) is -0.0365. The van der Waals surface area contributed by atoms with Crippen LogP contribution < -0.4 is 10.2 Å². The smallest absolute Gasteiger partial charge is 0.255 e. The minimum atomic E-state index is -0.141. The van der Waals surface area contributed by atoms with Crippen molar-refractivity contribution >= 4 is 23.2 Å². The molecule has 5 heteroatoms. The highest BCUT2D eigenvalue weighted by Crippen LogP contribution is 2.32. The Hall–Kier alpha value is -3.44. The lowest BCUT2D eigenvalue weighted by Gasteiger charge is -2.27. The van der Waals surface area contributed by atoms with Gasteiger partial charge in [-0.05, 0) is 79.6 Å². The van der Waals surface area contributed by atoms with Crippen LogP contribution in [0.15, 0.2) is 66.7 Å².